The number of ether oxygens (including phenoxy) is 1. The molecule has 2 rings (SSSR count). The molecule has 3 nitrogen and oxygen atoms in total. The minimum Gasteiger partial charge on any atom is -0.493 e. The van der Waals surface area contributed by atoms with Gasteiger partial charge in [0.15, 0.2) is 0 Å². The highest BCUT2D eigenvalue weighted by Gasteiger charge is 2.42. The number of rotatable bonds is 5. The average Bonchev–Trinajstić information content (AvgIpc) is 2.48. The number of hydrogen-bond donors (Lipinski definition) is 1. The highest BCUT2D eigenvalue weighted by atomic mass is 16.5. The summed E-state index contributed by atoms with van der Waals surface area (Å²) in [5.74, 6) is 0.814. The van der Waals surface area contributed by atoms with Gasteiger partial charge in [-0.25, -0.2) is 0 Å². The number of likely N-dealkylation sites (N-methyl/N-ethyl adjacent to an activating group) is 1. The lowest BCUT2D eigenvalue weighted by Crippen LogP contribution is -2.50. The zero-order chi connectivity index (χ0) is 14.6. The van der Waals surface area contributed by atoms with E-state index in [1.54, 1.807) is 0 Å². The second kappa shape index (κ2) is 6.59. The molecule has 0 amide bonds. The summed E-state index contributed by atoms with van der Waals surface area (Å²) in [6, 6.07) is 7.89. The lowest BCUT2D eigenvalue weighted by atomic mass is 9.74. The number of aliphatic hydroxyl groups is 1. The van der Waals surface area contributed by atoms with Crippen molar-refractivity contribution in [2.75, 3.05) is 20.7 Å². The number of benzene rings is 1. The SMILES string of the molecule is CCOc1ccccc1C(O)C1(N(C)C)CCCCC1. The molecular weight excluding hydrogens is 250 g/mol. The van der Waals surface area contributed by atoms with Crippen molar-refractivity contribution in [3.05, 3.63) is 29.8 Å². The Morgan fingerprint density at radius 1 is 1.20 bits per heavy atom. The number of aliphatic hydroxyl groups excluding tert-OH is 1. The normalized spacial score (nSPS) is 19.9. The fraction of sp³-hybridized carbons (Fsp3) is 0.647. The number of hydrogen-bond acceptors (Lipinski definition) is 3. The van der Waals surface area contributed by atoms with Gasteiger partial charge in [-0.3, -0.25) is 0 Å². The van der Waals surface area contributed by atoms with Crippen molar-refractivity contribution >= 4 is 0 Å². The zero-order valence-electron chi connectivity index (χ0n) is 12.9. The summed E-state index contributed by atoms with van der Waals surface area (Å²) in [5.41, 5.74) is 0.760. The van der Waals surface area contributed by atoms with Crippen LogP contribution in [0.1, 0.15) is 50.7 Å². The van der Waals surface area contributed by atoms with Crippen LogP contribution >= 0.6 is 0 Å². The van der Waals surface area contributed by atoms with E-state index in [2.05, 4.69) is 19.0 Å². The summed E-state index contributed by atoms with van der Waals surface area (Å²) in [6.07, 6.45) is 5.23. The van der Waals surface area contributed by atoms with Crippen molar-refractivity contribution in [2.45, 2.75) is 50.7 Å². The van der Waals surface area contributed by atoms with Gasteiger partial charge in [0.1, 0.15) is 11.9 Å². The molecule has 0 aromatic heterocycles. The molecule has 1 unspecified atom stereocenters. The van der Waals surface area contributed by atoms with E-state index < -0.39 is 6.10 Å². The van der Waals surface area contributed by atoms with Crippen molar-refractivity contribution in [3.63, 3.8) is 0 Å². The Hall–Kier alpha value is -1.06. The Kier molecular flexibility index (Phi) is 5.06. The van der Waals surface area contributed by atoms with Gasteiger partial charge in [0.25, 0.3) is 0 Å². The summed E-state index contributed by atoms with van der Waals surface area (Å²) in [6.45, 7) is 2.60. The van der Waals surface area contributed by atoms with Crippen LogP contribution in [0.5, 0.6) is 5.75 Å². The van der Waals surface area contributed by atoms with Gasteiger partial charge in [-0.15, -0.1) is 0 Å². The molecule has 0 saturated heterocycles. The second-order valence-electron chi connectivity index (χ2n) is 5.93. The monoisotopic (exact) mass is 277 g/mol. The first-order valence-corrected chi connectivity index (χ1v) is 7.69. The second-order valence-corrected chi connectivity index (χ2v) is 5.93. The summed E-state index contributed by atoms with van der Waals surface area (Å²) in [5, 5.41) is 11.1. The molecule has 1 atom stereocenters. The van der Waals surface area contributed by atoms with Crippen molar-refractivity contribution in [1.82, 2.24) is 4.90 Å². The number of nitrogens with zero attached hydrogens (tertiary/aromatic N) is 1. The maximum Gasteiger partial charge on any atom is 0.125 e. The van der Waals surface area contributed by atoms with E-state index in [4.69, 9.17) is 4.74 Å². The maximum atomic E-state index is 11.1. The molecule has 0 bridgehead atoms. The molecule has 1 aliphatic rings. The molecule has 0 spiro atoms. The van der Waals surface area contributed by atoms with Crippen molar-refractivity contribution in [1.29, 1.82) is 0 Å². The van der Waals surface area contributed by atoms with E-state index in [-0.39, 0.29) is 5.54 Å². The highest BCUT2D eigenvalue weighted by molar-refractivity contribution is 5.37. The van der Waals surface area contributed by atoms with E-state index in [0.717, 1.165) is 24.2 Å². The van der Waals surface area contributed by atoms with Gasteiger partial charge in [0.05, 0.1) is 12.1 Å². The smallest absolute Gasteiger partial charge is 0.125 e. The van der Waals surface area contributed by atoms with Crippen molar-refractivity contribution < 1.29 is 9.84 Å². The van der Waals surface area contributed by atoms with Crippen LogP contribution in [0.15, 0.2) is 24.3 Å². The molecule has 1 aliphatic carbocycles. The Morgan fingerprint density at radius 3 is 2.45 bits per heavy atom. The Morgan fingerprint density at radius 2 is 1.85 bits per heavy atom. The molecule has 112 valence electrons. The van der Waals surface area contributed by atoms with E-state index >= 15 is 0 Å². The van der Waals surface area contributed by atoms with E-state index in [1.165, 1.54) is 19.3 Å². The van der Waals surface area contributed by atoms with Crippen LogP contribution < -0.4 is 4.74 Å². The first-order chi connectivity index (χ1) is 9.62. The summed E-state index contributed by atoms with van der Waals surface area (Å²) >= 11 is 0. The van der Waals surface area contributed by atoms with Crippen LogP contribution in [0.4, 0.5) is 0 Å². The summed E-state index contributed by atoms with van der Waals surface area (Å²) < 4.78 is 5.70. The standard InChI is InChI=1S/C17H27NO2/c1-4-20-15-11-7-6-10-14(15)16(19)17(18(2)3)12-8-5-9-13-17/h6-7,10-11,16,19H,4-5,8-9,12-13H2,1-3H3. The molecule has 1 N–H and O–H groups in total. The quantitative estimate of drug-likeness (QED) is 0.895. The lowest BCUT2D eigenvalue weighted by Gasteiger charge is -2.46. The van der Waals surface area contributed by atoms with Crippen LogP contribution in [0.25, 0.3) is 0 Å². The first kappa shape index (κ1) is 15.3. The number of para-hydroxylation sites is 1. The van der Waals surface area contributed by atoms with Gasteiger partial charge >= 0.3 is 0 Å². The van der Waals surface area contributed by atoms with Crippen LogP contribution in [-0.2, 0) is 0 Å². The Labute approximate surface area is 122 Å². The van der Waals surface area contributed by atoms with Gasteiger partial charge < -0.3 is 14.7 Å². The Balaban J connectivity index is 2.34. The molecular formula is C17H27NO2. The minimum atomic E-state index is -0.499. The van der Waals surface area contributed by atoms with E-state index in [9.17, 15) is 5.11 Å². The molecule has 20 heavy (non-hydrogen) atoms. The third kappa shape index (κ3) is 2.84. The average molecular weight is 277 g/mol. The first-order valence-electron chi connectivity index (χ1n) is 7.69. The topological polar surface area (TPSA) is 32.7 Å². The van der Waals surface area contributed by atoms with Crippen LogP contribution in [-0.4, -0.2) is 36.2 Å². The zero-order valence-corrected chi connectivity index (χ0v) is 12.9. The third-order valence-corrected chi connectivity index (χ3v) is 4.63. The van der Waals surface area contributed by atoms with E-state index in [1.807, 2.05) is 31.2 Å². The summed E-state index contributed by atoms with van der Waals surface area (Å²) in [4.78, 5) is 2.21. The predicted molar refractivity (Wildman–Crippen MR) is 82.1 cm³/mol. The fourth-order valence-electron chi connectivity index (χ4n) is 3.41. The summed E-state index contributed by atoms with van der Waals surface area (Å²) in [7, 11) is 4.16. The van der Waals surface area contributed by atoms with Gasteiger partial charge in [-0.1, -0.05) is 37.5 Å². The van der Waals surface area contributed by atoms with Gasteiger partial charge in [-0.2, -0.15) is 0 Å². The molecule has 1 saturated carbocycles. The predicted octanol–water partition coefficient (Wildman–Crippen LogP) is 3.38. The minimum absolute atomic E-state index is 0.161. The van der Waals surface area contributed by atoms with Gasteiger partial charge in [0.2, 0.25) is 0 Å². The molecule has 0 radical (unpaired) electrons. The Bertz CT molecular complexity index is 425. The van der Waals surface area contributed by atoms with Crippen molar-refractivity contribution in [2.24, 2.45) is 0 Å². The third-order valence-electron chi connectivity index (χ3n) is 4.63. The molecule has 3 heteroatoms. The van der Waals surface area contributed by atoms with Crippen LogP contribution in [0.3, 0.4) is 0 Å². The van der Waals surface area contributed by atoms with E-state index in [0.29, 0.717) is 6.61 Å². The highest BCUT2D eigenvalue weighted by Crippen LogP contribution is 2.44. The van der Waals surface area contributed by atoms with Crippen molar-refractivity contribution in [3.8, 4) is 5.75 Å². The molecule has 0 heterocycles. The maximum absolute atomic E-state index is 11.1. The van der Waals surface area contributed by atoms with Gasteiger partial charge in [0, 0.05) is 5.56 Å². The lowest BCUT2D eigenvalue weighted by molar-refractivity contribution is -0.0347. The molecule has 1 aromatic rings. The molecule has 0 aliphatic heterocycles. The molecule has 1 fully saturated rings. The molecule has 1 aromatic carbocycles. The van der Waals surface area contributed by atoms with Crippen LogP contribution in [0, 0.1) is 0 Å². The van der Waals surface area contributed by atoms with Gasteiger partial charge in [-0.05, 0) is 39.9 Å². The fourth-order valence-corrected chi connectivity index (χ4v) is 3.41. The largest absolute Gasteiger partial charge is 0.493 e. The van der Waals surface area contributed by atoms with Crippen LogP contribution in [0.2, 0.25) is 0 Å².